The average Bonchev–Trinajstić information content (AvgIpc) is 2.70. The lowest BCUT2D eigenvalue weighted by Gasteiger charge is -2.39. The van der Waals surface area contributed by atoms with Crippen molar-refractivity contribution in [2.45, 2.75) is 12.8 Å². The van der Waals surface area contributed by atoms with E-state index in [1.807, 2.05) is 30.7 Å². The summed E-state index contributed by atoms with van der Waals surface area (Å²) in [7, 11) is 0. The first-order chi connectivity index (χ1) is 12.4. The molecule has 0 aliphatic carbocycles. The van der Waals surface area contributed by atoms with E-state index in [0.717, 1.165) is 51.0 Å². The number of pyridine rings is 1. The molecule has 0 N–H and O–H groups in total. The van der Waals surface area contributed by atoms with Crippen LogP contribution >= 0.6 is 0 Å². The summed E-state index contributed by atoms with van der Waals surface area (Å²) in [5, 5.41) is 0. The molecule has 2 aromatic rings. The highest BCUT2D eigenvalue weighted by Crippen LogP contribution is 2.22. The molecule has 2 aliphatic rings. The normalized spacial score (nSPS) is 22.2. The van der Waals surface area contributed by atoms with Crippen LogP contribution in [0.25, 0.3) is 0 Å². The third-order valence-electron chi connectivity index (χ3n) is 5.22. The lowest BCUT2D eigenvalue weighted by atomic mass is 9.97. The second-order valence-corrected chi connectivity index (χ2v) is 6.98. The molecule has 0 amide bonds. The zero-order valence-electron chi connectivity index (χ0n) is 14.7. The standard InChI is InChI=1S/C19H26N6/c1-2-7-20-18(6-1)24-13-11-23(12-14-24)15-17-5-3-10-25(16-17)19-21-8-4-9-22-19/h1-2,4,6-9,17H,3,5,10-16H2. The quantitative estimate of drug-likeness (QED) is 0.849. The van der Waals surface area contributed by atoms with Gasteiger partial charge in [0.25, 0.3) is 0 Å². The molecule has 0 bridgehead atoms. The molecule has 0 spiro atoms. The summed E-state index contributed by atoms with van der Waals surface area (Å²) >= 11 is 0. The van der Waals surface area contributed by atoms with Gasteiger partial charge in [-0.1, -0.05) is 6.07 Å². The molecule has 6 heteroatoms. The molecule has 4 heterocycles. The number of aromatic nitrogens is 3. The van der Waals surface area contributed by atoms with E-state index in [0.29, 0.717) is 5.92 Å². The van der Waals surface area contributed by atoms with Gasteiger partial charge in [0.2, 0.25) is 5.95 Å². The second-order valence-electron chi connectivity index (χ2n) is 6.98. The predicted molar refractivity (Wildman–Crippen MR) is 99.9 cm³/mol. The van der Waals surface area contributed by atoms with Crippen LogP contribution in [0.1, 0.15) is 12.8 Å². The first-order valence-electron chi connectivity index (χ1n) is 9.29. The number of rotatable bonds is 4. The molecular weight excluding hydrogens is 312 g/mol. The lowest BCUT2D eigenvalue weighted by Crippen LogP contribution is -2.50. The number of nitrogens with zero attached hydrogens (tertiary/aromatic N) is 6. The van der Waals surface area contributed by atoms with Crippen molar-refractivity contribution in [1.29, 1.82) is 0 Å². The van der Waals surface area contributed by atoms with E-state index in [9.17, 15) is 0 Å². The van der Waals surface area contributed by atoms with Crippen molar-refractivity contribution in [2.24, 2.45) is 5.92 Å². The first-order valence-corrected chi connectivity index (χ1v) is 9.29. The number of hydrogen-bond acceptors (Lipinski definition) is 6. The van der Waals surface area contributed by atoms with Gasteiger partial charge in [-0.3, -0.25) is 4.90 Å². The van der Waals surface area contributed by atoms with Gasteiger partial charge in [-0.25, -0.2) is 15.0 Å². The summed E-state index contributed by atoms with van der Waals surface area (Å²) in [6.45, 7) is 7.70. The van der Waals surface area contributed by atoms with E-state index in [1.165, 1.54) is 19.4 Å². The third-order valence-corrected chi connectivity index (χ3v) is 5.22. The monoisotopic (exact) mass is 338 g/mol. The van der Waals surface area contributed by atoms with Gasteiger partial charge in [0.1, 0.15) is 5.82 Å². The van der Waals surface area contributed by atoms with E-state index in [2.05, 4.69) is 41.8 Å². The summed E-state index contributed by atoms with van der Waals surface area (Å²) in [6, 6.07) is 8.03. The Bertz CT molecular complexity index is 641. The van der Waals surface area contributed by atoms with E-state index in [1.54, 1.807) is 0 Å². The maximum absolute atomic E-state index is 4.47. The van der Waals surface area contributed by atoms with Gasteiger partial charge in [0.15, 0.2) is 0 Å². The van der Waals surface area contributed by atoms with Gasteiger partial charge in [0, 0.05) is 64.4 Å². The van der Waals surface area contributed by atoms with Gasteiger partial charge < -0.3 is 9.80 Å². The second kappa shape index (κ2) is 7.78. The molecule has 0 saturated carbocycles. The Hall–Kier alpha value is -2.21. The largest absolute Gasteiger partial charge is 0.354 e. The molecule has 1 unspecified atom stereocenters. The first kappa shape index (κ1) is 16.3. The molecule has 25 heavy (non-hydrogen) atoms. The maximum atomic E-state index is 4.47. The van der Waals surface area contributed by atoms with Crippen molar-refractivity contribution in [2.75, 3.05) is 55.6 Å². The van der Waals surface area contributed by atoms with Crippen LogP contribution < -0.4 is 9.80 Å². The summed E-state index contributed by atoms with van der Waals surface area (Å²) in [5.41, 5.74) is 0. The van der Waals surface area contributed by atoms with E-state index < -0.39 is 0 Å². The van der Waals surface area contributed by atoms with Crippen LogP contribution in [0.3, 0.4) is 0 Å². The molecule has 0 radical (unpaired) electrons. The molecule has 6 nitrogen and oxygen atoms in total. The van der Waals surface area contributed by atoms with Gasteiger partial charge in [0.05, 0.1) is 0 Å². The fourth-order valence-corrected chi connectivity index (χ4v) is 3.92. The van der Waals surface area contributed by atoms with Crippen molar-refractivity contribution in [3.05, 3.63) is 42.9 Å². The van der Waals surface area contributed by atoms with Crippen molar-refractivity contribution >= 4 is 11.8 Å². The molecule has 2 saturated heterocycles. The zero-order valence-corrected chi connectivity index (χ0v) is 14.7. The predicted octanol–water partition coefficient (Wildman–Crippen LogP) is 1.91. The lowest BCUT2D eigenvalue weighted by molar-refractivity contribution is 0.205. The Labute approximate surface area is 149 Å². The molecule has 132 valence electrons. The maximum Gasteiger partial charge on any atom is 0.225 e. The molecule has 2 fully saturated rings. The Kier molecular flexibility index (Phi) is 5.06. The Morgan fingerprint density at radius 2 is 1.64 bits per heavy atom. The Balaban J connectivity index is 1.28. The fourth-order valence-electron chi connectivity index (χ4n) is 3.92. The van der Waals surface area contributed by atoms with Crippen LogP contribution in [0, 0.1) is 5.92 Å². The van der Waals surface area contributed by atoms with Crippen LogP contribution in [0.15, 0.2) is 42.9 Å². The molecule has 1 atom stereocenters. The van der Waals surface area contributed by atoms with E-state index >= 15 is 0 Å². The van der Waals surface area contributed by atoms with Crippen LogP contribution in [0.2, 0.25) is 0 Å². The van der Waals surface area contributed by atoms with E-state index in [-0.39, 0.29) is 0 Å². The highest BCUT2D eigenvalue weighted by atomic mass is 15.3. The van der Waals surface area contributed by atoms with Gasteiger partial charge >= 0.3 is 0 Å². The molecule has 2 aliphatic heterocycles. The Morgan fingerprint density at radius 1 is 0.840 bits per heavy atom. The van der Waals surface area contributed by atoms with Crippen molar-refractivity contribution in [3.63, 3.8) is 0 Å². The highest BCUT2D eigenvalue weighted by molar-refractivity contribution is 5.38. The summed E-state index contributed by atoms with van der Waals surface area (Å²) in [4.78, 5) is 20.6. The summed E-state index contributed by atoms with van der Waals surface area (Å²) in [5.74, 6) is 2.69. The van der Waals surface area contributed by atoms with Crippen molar-refractivity contribution in [1.82, 2.24) is 19.9 Å². The number of piperazine rings is 1. The van der Waals surface area contributed by atoms with Gasteiger partial charge in [-0.2, -0.15) is 0 Å². The fraction of sp³-hybridized carbons (Fsp3) is 0.526. The summed E-state index contributed by atoms with van der Waals surface area (Å²) < 4.78 is 0. The van der Waals surface area contributed by atoms with Gasteiger partial charge in [-0.05, 0) is 37.0 Å². The van der Waals surface area contributed by atoms with E-state index in [4.69, 9.17) is 0 Å². The van der Waals surface area contributed by atoms with Crippen LogP contribution in [0.5, 0.6) is 0 Å². The van der Waals surface area contributed by atoms with Crippen LogP contribution in [-0.4, -0.2) is 65.7 Å². The third kappa shape index (κ3) is 4.07. The zero-order chi connectivity index (χ0) is 16.9. The number of hydrogen-bond donors (Lipinski definition) is 0. The number of anilines is 2. The van der Waals surface area contributed by atoms with Crippen molar-refractivity contribution < 1.29 is 0 Å². The topological polar surface area (TPSA) is 48.4 Å². The van der Waals surface area contributed by atoms with Crippen LogP contribution in [-0.2, 0) is 0 Å². The minimum absolute atomic E-state index is 0.707. The highest BCUT2D eigenvalue weighted by Gasteiger charge is 2.25. The average molecular weight is 338 g/mol. The molecule has 4 rings (SSSR count). The minimum atomic E-state index is 0.707. The molecule has 2 aromatic heterocycles. The smallest absolute Gasteiger partial charge is 0.225 e. The van der Waals surface area contributed by atoms with Gasteiger partial charge in [-0.15, -0.1) is 0 Å². The molecular formula is C19H26N6. The Morgan fingerprint density at radius 3 is 2.40 bits per heavy atom. The number of piperidine rings is 1. The SMILES string of the molecule is c1ccc(N2CCN(CC3CCCN(c4ncccn4)C3)CC2)nc1. The molecule has 0 aromatic carbocycles. The van der Waals surface area contributed by atoms with Crippen molar-refractivity contribution in [3.8, 4) is 0 Å². The summed E-state index contributed by atoms with van der Waals surface area (Å²) in [6.07, 6.45) is 8.09. The van der Waals surface area contributed by atoms with Crippen LogP contribution in [0.4, 0.5) is 11.8 Å². The minimum Gasteiger partial charge on any atom is -0.354 e.